The maximum atomic E-state index is 14.1. The maximum absolute atomic E-state index is 14.1. The summed E-state index contributed by atoms with van der Waals surface area (Å²) in [5.41, 5.74) is 3.01. The van der Waals surface area contributed by atoms with Gasteiger partial charge in [0.25, 0.3) is 10.0 Å². The number of sulfonamides is 1. The number of carbonyl (C=O) groups is 2. The highest BCUT2D eigenvalue weighted by atomic mass is 32.2. The van der Waals surface area contributed by atoms with Gasteiger partial charge in [0, 0.05) is 12.6 Å². The average molecular weight is 568 g/mol. The quantitative estimate of drug-likeness (QED) is 0.319. The van der Waals surface area contributed by atoms with Gasteiger partial charge in [0.2, 0.25) is 11.8 Å². The molecule has 9 heteroatoms. The Labute approximate surface area is 237 Å². The minimum absolute atomic E-state index is 0.0834. The van der Waals surface area contributed by atoms with Crippen LogP contribution >= 0.6 is 0 Å². The summed E-state index contributed by atoms with van der Waals surface area (Å²) in [6, 6.07) is 17.9. The molecule has 0 aliphatic rings. The van der Waals surface area contributed by atoms with Gasteiger partial charge in [0.1, 0.15) is 18.4 Å². The van der Waals surface area contributed by atoms with Crippen LogP contribution in [0.1, 0.15) is 50.3 Å². The summed E-state index contributed by atoms with van der Waals surface area (Å²) in [5, 5.41) is 2.97. The topological polar surface area (TPSA) is 86.8 Å². The Balaban J connectivity index is 2.06. The van der Waals surface area contributed by atoms with E-state index in [-0.39, 0.29) is 29.1 Å². The Bertz CT molecular complexity index is 1410. The summed E-state index contributed by atoms with van der Waals surface area (Å²) in [6.45, 7) is 9.08. The number of benzene rings is 3. The molecule has 0 spiro atoms. The second-order valence-corrected chi connectivity index (χ2v) is 11.9. The second-order valence-electron chi connectivity index (χ2n) is 9.99. The second kappa shape index (κ2) is 13.6. The number of amides is 2. The van der Waals surface area contributed by atoms with Crippen molar-refractivity contribution in [3.05, 3.63) is 95.3 Å². The van der Waals surface area contributed by atoms with Crippen molar-refractivity contribution in [1.29, 1.82) is 0 Å². The third kappa shape index (κ3) is 7.47. The lowest BCUT2D eigenvalue weighted by molar-refractivity contribution is -0.140. The van der Waals surface area contributed by atoms with E-state index in [2.05, 4.69) is 5.32 Å². The number of nitrogens with one attached hydrogen (secondary N) is 1. The van der Waals surface area contributed by atoms with E-state index in [1.54, 1.807) is 24.3 Å². The first kappa shape index (κ1) is 30.8. The molecular weight excluding hydrogens is 529 g/mol. The Morgan fingerprint density at radius 3 is 2.10 bits per heavy atom. The third-order valence-corrected chi connectivity index (χ3v) is 8.78. The molecule has 0 aromatic heterocycles. The molecule has 0 unspecified atom stereocenters. The van der Waals surface area contributed by atoms with E-state index in [0.717, 1.165) is 39.5 Å². The van der Waals surface area contributed by atoms with Crippen LogP contribution in [0.2, 0.25) is 0 Å². The normalized spacial score (nSPS) is 12.8. The monoisotopic (exact) mass is 567 g/mol. The molecule has 0 bridgehead atoms. The average Bonchev–Trinajstić information content (AvgIpc) is 2.93. The highest BCUT2D eigenvalue weighted by Gasteiger charge is 2.34. The summed E-state index contributed by atoms with van der Waals surface area (Å²) < 4.78 is 42.3. The summed E-state index contributed by atoms with van der Waals surface area (Å²) in [5.74, 6) is -1.39. The van der Waals surface area contributed by atoms with Gasteiger partial charge in [-0.1, -0.05) is 55.8 Å². The molecule has 0 aliphatic heterocycles. The zero-order valence-electron chi connectivity index (χ0n) is 23.7. The number of hydrogen-bond donors (Lipinski definition) is 1. The van der Waals surface area contributed by atoms with Crippen molar-refractivity contribution < 1.29 is 22.4 Å². The van der Waals surface area contributed by atoms with E-state index in [9.17, 15) is 22.4 Å². The van der Waals surface area contributed by atoms with Gasteiger partial charge in [-0.25, -0.2) is 12.8 Å². The first-order chi connectivity index (χ1) is 19.0. The predicted octanol–water partition coefficient (Wildman–Crippen LogP) is 5.36. The van der Waals surface area contributed by atoms with Crippen LogP contribution in [0.5, 0.6) is 0 Å². The summed E-state index contributed by atoms with van der Waals surface area (Å²) in [7, 11) is -4.25. The Morgan fingerprint density at radius 2 is 1.52 bits per heavy atom. The zero-order chi connectivity index (χ0) is 29.4. The summed E-state index contributed by atoms with van der Waals surface area (Å²) in [6.07, 6.45) is 1.07. The zero-order valence-corrected chi connectivity index (χ0v) is 24.5. The van der Waals surface area contributed by atoms with Crippen molar-refractivity contribution in [3.8, 4) is 0 Å². The third-order valence-electron chi connectivity index (χ3n) is 6.99. The first-order valence-electron chi connectivity index (χ1n) is 13.5. The number of rotatable bonds is 12. The van der Waals surface area contributed by atoms with Crippen molar-refractivity contribution in [2.24, 2.45) is 0 Å². The lowest BCUT2D eigenvalue weighted by Gasteiger charge is -2.34. The van der Waals surface area contributed by atoms with Gasteiger partial charge in [-0.05, 0) is 81.1 Å². The van der Waals surface area contributed by atoms with E-state index in [1.165, 1.54) is 17.0 Å². The number of halogens is 1. The van der Waals surface area contributed by atoms with E-state index >= 15 is 0 Å². The molecule has 214 valence electrons. The lowest BCUT2D eigenvalue weighted by Crippen LogP contribution is -2.53. The Hall–Kier alpha value is -3.72. The lowest BCUT2D eigenvalue weighted by atomic mass is 10.1. The van der Waals surface area contributed by atoms with Crippen LogP contribution in [0, 0.1) is 19.7 Å². The molecule has 0 saturated carbocycles. The Morgan fingerprint density at radius 1 is 0.900 bits per heavy atom. The molecule has 1 N–H and O–H groups in total. The van der Waals surface area contributed by atoms with Crippen molar-refractivity contribution in [2.75, 3.05) is 10.8 Å². The van der Waals surface area contributed by atoms with Gasteiger partial charge in [0.05, 0.1) is 10.6 Å². The maximum Gasteiger partial charge on any atom is 0.264 e. The molecule has 7 nitrogen and oxygen atoms in total. The standard InChI is InChI=1S/C31H38FN3O4S/c1-6-24(5)33-31(37)29(7-2)34(20-25-11-9-8-10-23(25)4)30(36)21-35(27-16-12-22(3)13-17-27)40(38,39)28-18-14-26(32)15-19-28/h8-19,24,29H,6-7,20-21H2,1-5H3,(H,33,37)/t24-,29-/m0/s1. The fourth-order valence-electron chi connectivity index (χ4n) is 4.31. The van der Waals surface area contributed by atoms with Crippen LogP contribution in [-0.4, -0.2) is 43.8 Å². The Kier molecular flexibility index (Phi) is 10.5. The summed E-state index contributed by atoms with van der Waals surface area (Å²) >= 11 is 0. The van der Waals surface area contributed by atoms with Crippen LogP contribution in [0.15, 0.2) is 77.7 Å². The predicted molar refractivity (Wildman–Crippen MR) is 156 cm³/mol. The van der Waals surface area contributed by atoms with E-state index < -0.39 is 34.3 Å². The SMILES string of the molecule is CC[C@H](C)NC(=O)[C@H](CC)N(Cc1ccccc1C)C(=O)CN(c1ccc(C)cc1)S(=O)(=O)c1ccc(F)cc1. The van der Waals surface area contributed by atoms with Gasteiger partial charge in [0.15, 0.2) is 0 Å². The van der Waals surface area contributed by atoms with Crippen LogP contribution in [0.3, 0.4) is 0 Å². The number of nitrogens with zero attached hydrogens (tertiary/aromatic N) is 2. The fourth-order valence-corrected chi connectivity index (χ4v) is 5.72. The van der Waals surface area contributed by atoms with Crippen LogP contribution in [-0.2, 0) is 26.2 Å². The van der Waals surface area contributed by atoms with Gasteiger partial charge in [-0.15, -0.1) is 0 Å². The molecular formula is C31H38FN3O4S. The molecule has 3 aromatic carbocycles. The van der Waals surface area contributed by atoms with Crippen LogP contribution in [0.25, 0.3) is 0 Å². The number of aryl methyl sites for hydroxylation is 2. The minimum Gasteiger partial charge on any atom is -0.352 e. The minimum atomic E-state index is -4.25. The van der Waals surface area contributed by atoms with Crippen molar-refractivity contribution in [3.63, 3.8) is 0 Å². The molecule has 0 heterocycles. The van der Waals surface area contributed by atoms with Crippen molar-refractivity contribution >= 4 is 27.5 Å². The van der Waals surface area contributed by atoms with E-state index in [0.29, 0.717) is 6.42 Å². The van der Waals surface area contributed by atoms with Crippen LogP contribution < -0.4 is 9.62 Å². The molecule has 0 fully saturated rings. The molecule has 2 amide bonds. The van der Waals surface area contributed by atoms with Crippen molar-refractivity contribution in [1.82, 2.24) is 10.2 Å². The van der Waals surface area contributed by atoms with E-state index in [1.807, 2.05) is 58.9 Å². The molecule has 0 aliphatic carbocycles. The first-order valence-corrected chi connectivity index (χ1v) is 14.9. The summed E-state index contributed by atoms with van der Waals surface area (Å²) in [4.78, 5) is 28.7. The highest BCUT2D eigenvalue weighted by Crippen LogP contribution is 2.26. The highest BCUT2D eigenvalue weighted by molar-refractivity contribution is 7.92. The van der Waals surface area contributed by atoms with Gasteiger partial charge in [-0.2, -0.15) is 0 Å². The fraction of sp³-hybridized carbons (Fsp3) is 0.355. The van der Waals surface area contributed by atoms with E-state index in [4.69, 9.17) is 0 Å². The van der Waals surface area contributed by atoms with Crippen LogP contribution in [0.4, 0.5) is 10.1 Å². The largest absolute Gasteiger partial charge is 0.352 e. The van der Waals surface area contributed by atoms with Gasteiger partial charge in [-0.3, -0.25) is 13.9 Å². The van der Waals surface area contributed by atoms with Crippen molar-refractivity contribution in [2.45, 2.75) is 71.0 Å². The number of carbonyl (C=O) groups excluding carboxylic acids is 2. The molecule has 0 radical (unpaired) electrons. The molecule has 2 atom stereocenters. The smallest absolute Gasteiger partial charge is 0.264 e. The number of anilines is 1. The number of hydrogen-bond acceptors (Lipinski definition) is 4. The van der Waals surface area contributed by atoms with Gasteiger partial charge >= 0.3 is 0 Å². The van der Waals surface area contributed by atoms with Gasteiger partial charge < -0.3 is 10.2 Å². The molecule has 0 saturated heterocycles. The molecule has 3 rings (SSSR count). The molecule has 40 heavy (non-hydrogen) atoms. The molecule has 3 aromatic rings.